The van der Waals surface area contributed by atoms with Crippen LogP contribution in [0.4, 0.5) is 0 Å². The van der Waals surface area contributed by atoms with E-state index in [1.807, 2.05) is 23.9 Å². The average Bonchev–Trinajstić information content (AvgIpc) is 3.08. The summed E-state index contributed by atoms with van der Waals surface area (Å²) in [6.07, 6.45) is 8.26. The van der Waals surface area contributed by atoms with E-state index in [2.05, 4.69) is 16.9 Å². The zero-order valence-corrected chi connectivity index (χ0v) is 14.6. The van der Waals surface area contributed by atoms with E-state index in [4.69, 9.17) is 28.2 Å². The minimum Gasteiger partial charge on any atom is -0.326 e. The van der Waals surface area contributed by atoms with Crippen molar-refractivity contribution >= 4 is 46.0 Å². The summed E-state index contributed by atoms with van der Waals surface area (Å²) in [6.45, 7) is 1.01. The van der Waals surface area contributed by atoms with E-state index < -0.39 is 0 Å². The Labute approximate surface area is 140 Å². The van der Waals surface area contributed by atoms with Gasteiger partial charge in [-0.1, -0.05) is 30.5 Å². The van der Waals surface area contributed by atoms with Crippen molar-refractivity contribution in [2.45, 2.75) is 43.4 Å². The topological polar surface area (TPSA) is 17.8 Å². The number of thioether (sulfide) groups is 1. The number of nitrogens with zero attached hydrogens (tertiary/aromatic N) is 2. The molecule has 0 saturated heterocycles. The molecule has 1 saturated carbocycles. The van der Waals surface area contributed by atoms with E-state index in [-0.39, 0.29) is 0 Å². The molecule has 1 aromatic carbocycles. The third kappa shape index (κ3) is 2.93. The maximum Gasteiger partial charge on any atom is 0.111 e. The van der Waals surface area contributed by atoms with Gasteiger partial charge in [0, 0.05) is 23.6 Å². The van der Waals surface area contributed by atoms with Crippen LogP contribution < -0.4 is 0 Å². The van der Waals surface area contributed by atoms with Crippen molar-refractivity contribution in [1.29, 1.82) is 0 Å². The quantitative estimate of drug-likeness (QED) is 0.699. The van der Waals surface area contributed by atoms with Gasteiger partial charge in [-0.2, -0.15) is 11.8 Å². The molecule has 2 aromatic rings. The predicted molar refractivity (Wildman–Crippen MR) is 93.9 cm³/mol. The third-order valence-electron chi connectivity index (χ3n) is 4.52. The molecule has 5 heteroatoms. The Morgan fingerprint density at radius 2 is 2.10 bits per heavy atom. The summed E-state index contributed by atoms with van der Waals surface area (Å²) in [7, 11) is 0. The number of hydrogen-bond acceptors (Lipinski definition) is 2. The zero-order chi connectivity index (χ0) is 14.9. The van der Waals surface area contributed by atoms with E-state index in [0.29, 0.717) is 10.6 Å². The number of halogens is 2. The maximum absolute atomic E-state index is 6.31. The highest BCUT2D eigenvalue weighted by Gasteiger charge is 2.34. The minimum atomic E-state index is 0.344. The Bertz CT molecular complexity index is 632. The largest absolute Gasteiger partial charge is 0.326 e. The monoisotopic (exact) mass is 342 g/mol. The number of benzene rings is 1. The Morgan fingerprint density at radius 3 is 2.76 bits per heavy atom. The molecule has 0 unspecified atom stereocenters. The zero-order valence-electron chi connectivity index (χ0n) is 12.2. The Morgan fingerprint density at radius 1 is 1.33 bits per heavy atom. The summed E-state index contributed by atoms with van der Waals surface area (Å²) in [5.74, 6) is 1.65. The molecule has 1 aliphatic carbocycles. The molecule has 114 valence electrons. The lowest BCUT2D eigenvalue weighted by Crippen LogP contribution is -2.27. The van der Waals surface area contributed by atoms with Crippen LogP contribution in [0.15, 0.2) is 18.2 Å². The molecule has 1 fully saturated rings. The minimum absolute atomic E-state index is 0.344. The first-order chi connectivity index (χ1) is 10.2. The first kappa shape index (κ1) is 15.5. The Hall–Kier alpha value is -0.380. The van der Waals surface area contributed by atoms with E-state index in [1.54, 1.807) is 0 Å². The Balaban J connectivity index is 2.06. The van der Waals surface area contributed by atoms with Crippen LogP contribution in [0, 0.1) is 0 Å². The standard InChI is InChI=1S/C16H20Cl2N2S/c1-21-16(8-2-3-9-16)11-20-13-6-4-5-12(18)15(13)19-14(20)7-10-17/h4-6H,2-3,7-11H2,1H3. The number of aromatic nitrogens is 2. The van der Waals surface area contributed by atoms with Gasteiger partial charge < -0.3 is 4.57 Å². The Kier molecular flexibility index (Phi) is 4.72. The second-order valence-corrected chi connectivity index (χ2v) is 7.81. The van der Waals surface area contributed by atoms with Crippen molar-refractivity contribution in [3.05, 3.63) is 29.0 Å². The molecule has 1 aromatic heterocycles. The molecular weight excluding hydrogens is 323 g/mol. The second-order valence-electron chi connectivity index (χ2n) is 5.75. The molecule has 0 atom stereocenters. The summed E-state index contributed by atoms with van der Waals surface area (Å²) < 4.78 is 2.70. The molecular formula is C16H20Cl2N2S. The van der Waals surface area contributed by atoms with Crippen LogP contribution in [0.2, 0.25) is 5.02 Å². The summed E-state index contributed by atoms with van der Waals surface area (Å²) in [5, 5.41) is 0.728. The van der Waals surface area contributed by atoms with Gasteiger partial charge in [-0.15, -0.1) is 11.6 Å². The highest BCUT2D eigenvalue weighted by molar-refractivity contribution is 8.00. The first-order valence-corrected chi connectivity index (χ1v) is 9.57. The molecule has 1 aliphatic rings. The third-order valence-corrected chi connectivity index (χ3v) is 6.42. The van der Waals surface area contributed by atoms with Crippen molar-refractivity contribution in [2.75, 3.05) is 12.1 Å². The number of aryl methyl sites for hydroxylation is 1. The predicted octanol–water partition coefficient (Wildman–Crippen LogP) is 5.15. The number of alkyl halides is 1. The van der Waals surface area contributed by atoms with Crippen LogP contribution in [0.5, 0.6) is 0 Å². The summed E-state index contributed by atoms with van der Waals surface area (Å²) in [6, 6.07) is 6.04. The molecule has 2 nitrogen and oxygen atoms in total. The van der Waals surface area contributed by atoms with Crippen LogP contribution in [0.3, 0.4) is 0 Å². The van der Waals surface area contributed by atoms with E-state index in [9.17, 15) is 0 Å². The van der Waals surface area contributed by atoms with Gasteiger partial charge in [0.05, 0.1) is 10.5 Å². The second kappa shape index (κ2) is 6.39. The molecule has 21 heavy (non-hydrogen) atoms. The number of hydrogen-bond donors (Lipinski definition) is 0. The molecule has 0 radical (unpaired) electrons. The van der Waals surface area contributed by atoms with Crippen LogP contribution in [-0.2, 0) is 13.0 Å². The van der Waals surface area contributed by atoms with Crippen molar-refractivity contribution in [3.8, 4) is 0 Å². The fraction of sp³-hybridized carbons (Fsp3) is 0.562. The number of imidazole rings is 1. The summed E-state index contributed by atoms with van der Waals surface area (Å²) in [5.41, 5.74) is 2.05. The van der Waals surface area contributed by atoms with Crippen molar-refractivity contribution in [1.82, 2.24) is 9.55 Å². The molecule has 0 N–H and O–H groups in total. The van der Waals surface area contributed by atoms with Gasteiger partial charge in [0.25, 0.3) is 0 Å². The van der Waals surface area contributed by atoms with Gasteiger partial charge >= 0.3 is 0 Å². The smallest absolute Gasteiger partial charge is 0.111 e. The summed E-state index contributed by atoms with van der Waals surface area (Å²) in [4.78, 5) is 4.75. The maximum atomic E-state index is 6.31. The van der Waals surface area contributed by atoms with Crippen LogP contribution >= 0.6 is 35.0 Å². The highest BCUT2D eigenvalue weighted by atomic mass is 35.5. The SMILES string of the molecule is CSC1(Cn2c(CCCl)nc3c(Cl)cccc32)CCCC1. The molecule has 0 aliphatic heterocycles. The lowest BCUT2D eigenvalue weighted by molar-refractivity contribution is 0.502. The molecule has 0 amide bonds. The van der Waals surface area contributed by atoms with E-state index >= 15 is 0 Å². The van der Waals surface area contributed by atoms with Crippen LogP contribution in [0.1, 0.15) is 31.5 Å². The fourth-order valence-corrected chi connectivity index (χ4v) is 4.68. The van der Waals surface area contributed by atoms with Crippen molar-refractivity contribution < 1.29 is 0 Å². The fourth-order valence-electron chi connectivity index (χ4n) is 3.35. The van der Waals surface area contributed by atoms with Gasteiger partial charge in [0.1, 0.15) is 11.3 Å². The van der Waals surface area contributed by atoms with Crippen molar-refractivity contribution in [2.24, 2.45) is 0 Å². The van der Waals surface area contributed by atoms with Gasteiger partial charge in [-0.05, 0) is 31.2 Å². The van der Waals surface area contributed by atoms with Gasteiger partial charge in [-0.25, -0.2) is 4.98 Å². The normalized spacial score (nSPS) is 17.7. The van der Waals surface area contributed by atoms with Crippen LogP contribution in [0.25, 0.3) is 11.0 Å². The van der Waals surface area contributed by atoms with Crippen LogP contribution in [-0.4, -0.2) is 26.4 Å². The highest BCUT2D eigenvalue weighted by Crippen LogP contribution is 2.42. The lowest BCUT2D eigenvalue weighted by atomic mass is 10.1. The summed E-state index contributed by atoms with van der Waals surface area (Å²) >= 11 is 14.3. The number of para-hydroxylation sites is 1. The molecule has 3 rings (SSSR count). The van der Waals surface area contributed by atoms with Gasteiger partial charge in [0.2, 0.25) is 0 Å². The lowest BCUT2D eigenvalue weighted by Gasteiger charge is -2.28. The van der Waals surface area contributed by atoms with Gasteiger partial charge in [0.15, 0.2) is 0 Å². The van der Waals surface area contributed by atoms with E-state index in [1.165, 1.54) is 25.7 Å². The van der Waals surface area contributed by atoms with E-state index in [0.717, 1.165) is 34.8 Å². The molecule has 0 spiro atoms. The van der Waals surface area contributed by atoms with Gasteiger partial charge in [-0.3, -0.25) is 0 Å². The number of fused-ring (bicyclic) bond motifs is 1. The first-order valence-electron chi connectivity index (χ1n) is 7.44. The average molecular weight is 343 g/mol. The number of rotatable bonds is 5. The van der Waals surface area contributed by atoms with Crippen molar-refractivity contribution in [3.63, 3.8) is 0 Å². The molecule has 1 heterocycles. The molecule has 0 bridgehead atoms.